The Morgan fingerprint density at radius 2 is 1.85 bits per heavy atom. The summed E-state index contributed by atoms with van der Waals surface area (Å²) in [5.74, 6) is -1.32. The van der Waals surface area contributed by atoms with E-state index in [1.165, 1.54) is 26.2 Å². The van der Waals surface area contributed by atoms with Crippen molar-refractivity contribution < 1.29 is 24.0 Å². The summed E-state index contributed by atoms with van der Waals surface area (Å²) in [6.07, 6.45) is -0.194. The van der Waals surface area contributed by atoms with E-state index in [1.54, 1.807) is 12.1 Å². The van der Waals surface area contributed by atoms with Crippen molar-refractivity contribution in [3.05, 3.63) is 63.7 Å². The molecule has 0 aliphatic heterocycles. The lowest BCUT2D eigenvalue weighted by Crippen LogP contribution is -2.30. The lowest BCUT2D eigenvalue weighted by molar-refractivity contribution is -0.385. The lowest BCUT2D eigenvalue weighted by Gasteiger charge is -2.14. The third kappa shape index (κ3) is 5.04. The van der Waals surface area contributed by atoms with Gasteiger partial charge in [0, 0.05) is 11.8 Å². The number of nitro groups is 1. The maximum atomic E-state index is 12.2. The summed E-state index contributed by atoms with van der Waals surface area (Å²) < 4.78 is 9.99. The van der Waals surface area contributed by atoms with Gasteiger partial charge in [-0.25, -0.2) is 4.79 Å². The van der Waals surface area contributed by atoms with Crippen LogP contribution in [-0.4, -0.2) is 30.0 Å². The summed E-state index contributed by atoms with van der Waals surface area (Å²) in [5, 5.41) is 13.7. The van der Waals surface area contributed by atoms with Crippen LogP contribution in [0.3, 0.4) is 0 Å². The number of rotatable bonds is 7. The summed E-state index contributed by atoms with van der Waals surface area (Å²) in [5.41, 5.74) is 1.31. The van der Waals surface area contributed by atoms with Crippen LogP contribution in [0.2, 0.25) is 0 Å². The molecule has 1 atom stereocenters. The molecule has 0 radical (unpaired) electrons. The van der Waals surface area contributed by atoms with Crippen LogP contribution in [0.1, 0.15) is 29.8 Å². The molecule has 2 aromatic rings. The van der Waals surface area contributed by atoms with Gasteiger partial charge in [-0.05, 0) is 43.2 Å². The Hall–Kier alpha value is -3.42. The summed E-state index contributed by atoms with van der Waals surface area (Å²) in [6, 6.07) is 11.0. The number of nitrogens with zero attached hydrogens (tertiary/aromatic N) is 1. The molecule has 1 amide bonds. The number of amides is 1. The van der Waals surface area contributed by atoms with E-state index in [1.807, 2.05) is 19.1 Å². The predicted octanol–water partition coefficient (Wildman–Crippen LogP) is 3.35. The molecule has 8 heteroatoms. The van der Waals surface area contributed by atoms with Crippen LogP contribution in [0.5, 0.6) is 5.75 Å². The number of esters is 1. The van der Waals surface area contributed by atoms with Crippen molar-refractivity contribution in [2.24, 2.45) is 0 Å². The van der Waals surface area contributed by atoms with Gasteiger partial charge in [0.05, 0.1) is 17.6 Å². The molecule has 0 saturated carbocycles. The van der Waals surface area contributed by atoms with E-state index >= 15 is 0 Å². The molecule has 142 valence electrons. The zero-order chi connectivity index (χ0) is 20.0. The molecule has 0 saturated heterocycles. The minimum absolute atomic E-state index is 0.0258. The van der Waals surface area contributed by atoms with E-state index in [-0.39, 0.29) is 17.0 Å². The van der Waals surface area contributed by atoms with E-state index in [0.29, 0.717) is 5.69 Å². The number of aryl methyl sites for hydroxylation is 1. The Labute approximate surface area is 156 Å². The highest BCUT2D eigenvalue weighted by Crippen LogP contribution is 2.27. The average molecular weight is 372 g/mol. The fourth-order valence-electron chi connectivity index (χ4n) is 2.31. The zero-order valence-corrected chi connectivity index (χ0v) is 15.2. The molecular formula is C19H20N2O6. The van der Waals surface area contributed by atoms with Crippen LogP contribution < -0.4 is 10.1 Å². The minimum atomic E-state index is -1.08. The molecule has 0 unspecified atom stereocenters. The Morgan fingerprint density at radius 3 is 2.41 bits per heavy atom. The number of methoxy groups -OCH3 is 1. The number of nitro benzene ring substituents is 1. The van der Waals surface area contributed by atoms with Gasteiger partial charge in [0.1, 0.15) is 0 Å². The van der Waals surface area contributed by atoms with Crippen LogP contribution in [0.15, 0.2) is 42.5 Å². The number of anilines is 1. The average Bonchev–Trinajstić information content (AvgIpc) is 2.67. The molecule has 0 fully saturated rings. The molecule has 27 heavy (non-hydrogen) atoms. The van der Waals surface area contributed by atoms with Gasteiger partial charge in [0.25, 0.3) is 5.91 Å². The molecule has 1 N–H and O–H groups in total. The van der Waals surface area contributed by atoms with Gasteiger partial charge in [-0.15, -0.1) is 0 Å². The highest BCUT2D eigenvalue weighted by Gasteiger charge is 2.22. The quantitative estimate of drug-likeness (QED) is 0.454. The summed E-state index contributed by atoms with van der Waals surface area (Å²) >= 11 is 0. The molecule has 0 bridgehead atoms. The second-order valence-corrected chi connectivity index (χ2v) is 5.73. The zero-order valence-electron chi connectivity index (χ0n) is 15.2. The fourth-order valence-corrected chi connectivity index (χ4v) is 2.31. The largest absolute Gasteiger partial charge is 0.490 e. The number of carbonyl (C=O) groups is 2. The molecule has 0 aliphatic rings. The van der Waals surface area contributed by atoms with Crippen LogP contribution in [0.4, 0.5) is 11.4 Å². The smallest absolute Gasteiger partial charge is 0.339 e. The van der Waals surface area contributed by atoms with Gasteiger partial charge in [-0.3, -0.25) is 14.9 Å². The Balaban J connectivity index is 2.04. The van der Waals surface area contributed by atoms with Crippen molar-refractivity contribution in [1.29, 1.82) is 0 Å². The number of benzene rings is 2. The van der Waals surface area contributed by atoms with Gasteiger partial charge in [-0.2, -0.15) is 0 Å². The van der Waals surface area contributed by atoms with Crippen molar-refractivity contribution in [3.63, 3.8) is 0 Å². The maximum Gasteiger partial charge on any atom is 0.339 e. The summed E-state index contributed by atoms with van der Waals surface area (Å²) in [6.45, 7) is 3.45. The molecular weight excluding hydrogens is 352 g/mol. The second kappa shape index (κ2) is 8.79. The number of hydrogen-bond donors (Lipinski definition) is 1. The first-order chi connectivity index (χ1) is 12.8. The normalized spacial score (nSPS) is 11.4. The lowest BCUT2D eigenvalue weighted by atomic mass is 10.1. The highest BCUT2D eigenvalue weighted by atomic mass is 16.6. The number of carbonyl (C=O) groups excluding carboxylic acids is 2. The number of hydrogen-bond acceptors (Lipinski definition) is 6. The van der Waals surface area contributed by atoms with Crippen LogP contribution in [-0.2, 0) is 16.0 Å². The molecule has 2 aromatic carbocycles. The Morgan fingerprint density at radius 1 is 1.19 bits per heavy atom. The van der Waals surface area contributed by atoms with E-state index in [2.05, 4.69) is 5.32 Å². The SMILES string of the molecule is CCc1ccc(NC(=O)[C@@H](C)OC(=O)c2ccc(OC)c([N+](=O)[O-])c2)cc1. The van der Waals surface area contributed by atoms with E-state index in [9.17, 15) is 19.7 Å². The van der Waals surface area contributed by atoms with Crippen LogP contribution in [0.25, 0.3) is 0 Å². The van der Waals surface area contributed by atoms with Gasteiger partial charge in [-0.1, -0.05) is 19.1 Å². The van der Waals surface area contributed by atoms with Gasteiger partial charge in [0.15, 0.2) is 11.9 Å². The Bertz CT molecular complexity index is 848. The van der Waals surface area contributed by atoms with Crippen LogP contribution >= 0.6 is 0 Å². The molecule has 8 nitrogen and oxygen atoms in total. The minimum Gasteiger partial charge on any atom is -0.490 e. The third-order valence-electron chi connectivity index (χ3n) is 3.89. The first kappa shape index (κ1) is 19.9. The first-order valence-corrected chi connectivity index (χ1v) is 8.29. The molecule has 2 rings (SSSR count). The van der Waals surface area contributed by atoms with Crippen molar-refractivity contribution >= 4 is 23.3 Å². The van der Waals surface area contributed by atoms with E-state index in [0.717, 1.165) is 18.1 Å². The Kier molecular flexibility index (Phi) is 6.48. The monoisotopic (exact) mass is 372 g/mol. The standard InChI is InChI=1S/C19H20N2O6/c1-4-13-5-8-15(9-6-13)20-18(22)12(2)27-19(23)14-7-10-17(26-3)16(11-14)21(24)25/h5-12H,4H2,1-3H3,(H,20,22)/t12-/m1/s1. The summed E-state index contributed by atoms with van der Waals surface area (Å²) in [7, 11) is 1.29. The molecule has 0 heterocycles. The summed E-state index contributed by atoms with van der Waals surface area (Å²) in [4.78, 5) is 34.8. The number of nitrogens with one attached hydrogen (secondary N) is 1. The van der Waals surface area contributed by atoms with Crippen LogP contribution in [0, 0.1) is 10.1 Å². The molecule has 0 spiro atoms. The van der Waals surface area contributed by atoms with Gasteiger partial charge in [0.2, 0.25) is 0 Å². The second-order valence-electron chi connectivity index (χ2n) is 5.73. The van der Waals surface area contributed by atoms with Gasteiger partial charge >= 0.3 is 11.7 Å². The van der Waals surface area contributed by atoms with Crippen molar-refractivity contribution in [2.45, 2.75) is 26.4 Å². The maximum absolute atomic E-state index is 12.2. The molecule has 0 aromatic heterocycles. The van der Waals surface area contributed by atoms with Crippen molar-refractivity contribution in [1.82, 2.24) is 0 Å². The fraction of sp³-hybridized carbons (Fsp3) is 0.263. The predicted molar refractivity (Wildman–Crippen MR) is 99.0 cm³/mol. The van der Waals surface area contributed by atoms with Crippen molar-refractivity contribution in [3.8, 4) is 5.75 Å². The van der Waals surface area contributed by atoms with Gasteiger partial charge < -0.3 is 14.8 Å². The molecule has 0 aliphatic carbocycles. The first-order valence-electron chi connectivity index (χ1n) is 8.29. The third-order valence-corrected chi connectivity index (χ3v) is 3.89. The van der Waals surface area contributed by atoms with E-state index in [4.69, 9.17) is 9.47 Å². The topological polar surface area (TPSA) is 108 Å². The highest BCUT2D eigenvalue weighted by molar-refractivity contribution is 5.97. The van der Waals surface area contributed by atoms with E-state index < -0.39 is 22.9 Å². The number of ether oxygens (including phenoxy) is 2. The van der Waals surface area contributed by atoms with Crippen molar-refractivity contribution in [2.75, 3.05) is 12.4 Å².